The van der Waals surface area contributed by atoms with Crippen molar-refractivity contribution in [3.05, 3.63) is 432 Å². The van der Waals surface area contributed by atoms with E-state index in [0.717, 1.165) is 60.6 Å². The van der Waals surface area contributed by atoms with Crippen LogP contribution in [0.2, 0.25) is 25.1 Å². The highest BCUT2D eigenvalue weighted by Crippen LogP contribution is 2.31. The number of rotatable bonds is 16. The molecule has 0 radical (unpaired) electrons. The molecule has 132 heavy (non-hydrogen) atoms. The van der Waals surface area contributed by atoms with Gasteiger partial charge >= 0.3 is 12.0 Å². The maximum absolute atomic E-state index is 12.9. The van der Waals surface area contributed by atoms with Gasteiger partial charge in [0.25, 0.3) is 27.8 Å². The van der Waals surface area contributed by atoms with Crippen LogP contribution in [-0.2, 0) is 32.7 Å². The van der Waals surface area contributed by atoms with Crippen LogP contribution < -0.4 is 38.3 Å². The van der Waals surface area contributed by atoms with Gasteiger partial charge in [0.1, 0.15) is 40.0 Å². The summed E-state index contributed by atoms with van der Waals surface area (Å²) < 4.78 is 12.3. The summed E-state index contributed by atoms with van der Waals surface area (Å²) in [6.07, 6.45) is 16.4. The molecule has 0 saturated carbocycles. The minimum Gasteiger partial charge on any atom is -0.467 e. The van der Waals surface area contributed by atoms with E-state index in [2.05, 4.69) is 80.2 Å². The summed E-state index contributed by atoms with van der Waals surface area (Å²) in [6, 6.07) is 73.9. The van der Waals surface area contributed by atoms with Crippen molar-refractivity contribution in [1.82, 2.24) is 98.7 Å². The average molecular weight is 1840 g/mol. The molecule has 0 atom stereocenters. The highest BCUT2D eigenvalue weighted by atomic mass is 35.5. The van der Waals surface area contributed by atoms with Crippen LogP contribution in [0.15, 0.2) is 329 Å². The van der Waals surface area contributed by atoms with Crippen LogP contribution in [0.1, 0.15) is 39.3 Å². The number of benzene rings is 10. The minimum atomic E-state index is -0.178. The molecule has 0 fully saturated rings. The molecule has 2 N–H and O–H groups in total. The topological polar surface area (TPSA) is 343 Å². The fourth-order valence-electron chi connectivity index (χ4n) is 14.1. The highest BCUT2D eigenvalue weighted by molar-refractivity contribution is 6.31. The monoisotopic (exact) mass is 1840 g/mol. The first-order valence-electron chi connectivity index (χ1n) is 40.6. The Balaban J connectivity index is 0.000000120. The highest BCUT2D eigenvalue weighted by Gasteiger charge is 2.21. The van der Waals surface area contributed by atoms with Crippen molar-refractivity contribution in [3.8, 4) is 62.4 Å². The lowest BCUT2D eigenvalue weighted by atomic mass is 10.1. The van der Waals surface area contributed by atoms with E-state index in [1.165, 1.54) is 30.5 Å². The second-order valence-electron chi connectivity index (χ2n) is 29.7. The zero-order valence-corrected chi connectivity index (χ0v) is 74.0. The number of nitrogens with two attached hydrogens (primary N) is 1. The molecule has 0 unspecified atom stereocenters. The summed E-state index contributed by atoms with van der Waals surface area (Å²) in [5.41, 5.74) is 17.0. The first-order valence-corrected chi connectivity index (χ1v) is 42.5. The average Bonchev–Trinajstić information content (AvgIpc) is 0.791. The molecule has 0 aliphatic carbocycles. The molecule has 28 nitrogen and oxygen atoms in total. The van der Waals surface area contributed by atoms with Crippen LogP contribution in [0.5, 0.6) is 6.01 Å². The van der Waals surface area contributed by atoms with Gasteiger partial charge in [-0.2, -0.15) is 35.5 Å². The number of aryl methyl sites for hydroxylation is 2. The standard InChI is InChI=1S/C20H12ClN5O.C20H15ClN4O2.2C20H15ClN4O.C19H14ClN5O/c1-22-20-23-10-14(11-24-20)18-16-4-2-3-5-17(16)19(27)26(25-18)12-13-6-8-15(21)9-7-13;1-27-20-22-10-14(11-23-20)18-16-4-2-3-5-17(16)19(26)25(24-18)12-13-6-8-15(21)9-7-13;1-13-22-10-15(11-23-13)19-17-4-2-3-5-18(17)20(26)25(24-19)12-14-6-8-16(21)9-7-14;1-13-10-23-18(11-22-13)19-16-4-2-3-5-17(16)20(26)25(24-19)12-14-6-8-15(21)9-7-14;20-14-7-5-12(6-8-14)11-25-18(26)16-4-2-1-3-15(16)17(24-25)13-9-22-19(21)23-10-13/h2-11H,12H2;2-11H,12H2,1H3;2*2-11H,12H2,1H3;1-10H,11H2,(H2,21,22,23). The molecule has 0 aliphatic rings. The van der Waals surface area contributed by atoms with Gasteiger partial charge in [-0.05, 0) is 133 Å². The van der Waals surface area contributed by atoms with Crippen molar-refractivity contribution >= 4 is 124 Å². The molecule has 648 valence electrons. The maximum atomic E-state index is 12.9. The molecule has 10 aromatic carbocycles. The first kappa shape index (κ1) is 89.2. The minimum absolute atomic E-state index is 0.0672. The number of anilines is 1. The smallest absolute Gasteiger partial charge is 0.371 e. The molecule has 0 spiro atoms. The summed E-state index contributed by atoms with van der Waals surface area (Å²) in [5.74, 6) is 0.942. The van der Waals surface area contributed by atoms with Crippen molar-refractivity contribution in [1.29, 1.82) is 0 Å². The molecule has 20 rings (SSSR count). The zero-order chi connectivity index (χ0) is 91.9. The van der Waals surface area contributed by atoms with Gasteiger partial charge in [0.15, 0.2) is 0 Å². The largest absolute Gasteiger partial charge is 0.467 e. The van der Waals surface area contributed by atoms with E-state index in [-0.39, 0.29) is 45.7 Å². The predicted molar refractivity (Wildman–Crippen MR) is 515 cm³/mol. The van der Waals surface area contributed by atoms with E-state index in [4.69, 9.17) is 75.0 Å². The lowest BCUT2D eigenvalue weighted by molar-refractivity contribution is 0.380. The number of hydrogen-bond donors (Lipinski definition) is 1. The van der Waals surface area contributed by atoms with Gasteiger partial charge in [0.05, 0.1) is 96.6 Å². The number of nitrogens with zero attached hydrogens (tertiary/aromatic N) is 21. The molecule has 0 aliphatic heterocycles. The van der Waals surface area contributed by atoms with Crippen LogP contribution in [0, 0.1) is 20.4 Å². The Hall–Kier alpha value is -16.2. The molecule has 20 aromatic rings. The van der Waals surface area contributed by atoms with E-state index in [9.17, 15) is 24.0 Å². The summed E-state index contributed by atoms with van der Waals surface area (Å²) in [7, 11) is 1.51. The lowest BCUT2D eigenvalue weighted by Gasteiger charge is -2.11. The summed E-state index contributed by atoms with van der Waals surface area (Å²) in [5, 5.41) is 32.9. The third-order valence-electron chi connectivity index (χ3n) is 20.7. The van der Waals surface area contributed by atoms with Crippen LogP contribution in [0.25, 0.3) is 115 Å². The van der Waals surface area contributed by atoms with Gasteiger partial charge in [-0.1, -0.05) is 210 Å². The third-order valence-corrected chi connectivity index (χ3v) is 21.9. The van der Waals surface area contributed by atoms with Crippen molar-refractivity contribution in [2.24, 2.45) is 0 Å². The molecule has 10 aromatic heterocycles. The Morgan fingerprint density at radius 1 is 0.295 bits per heavy atom. The fraction of sp³-hybridized carbons (Fsp3) is 0.0808. The van der Waals surface area contributed by atoms with Crippen LogP contribution >= 0.6 is 58.0 Å². The first-order chi connectivity index (χ1) is 64.1. The van der Waals surface area contributed by atoms with E-state index in [0.29, 0.717) is 147 Å². The molecule has 0 bridgehead atoms. The molecular weight excluding hydrogens is 1770 g/mol. The summed E-state index contributed by atoms with van der Waals surface area (Å²) in [6.45, 7) is 12.4. The van der Waals surface area contributed by atoms with Gasteiger partial charge in [-0.3, -0.25) is 33.9 Å². The second kappa shape index (κ2) is 40.9. The van der Waals surface area contributed by atoms with E-state index < -0.39 is 0 Å². The summed E-state index contributed by atoms with van der Waals surface area (Å²) in [4.78, 5) is 109. The van der Waals surface area contributed by atoms with Crippen LogP contribution in [0.4, 0.5) is 11.9 Å². The van der Waals surface area contributed by atoms with Gasteiger partial charge in [-0.25, -0.2) is 53.3 Å². The number of halogens is 5. The zero-order valence-electron chi connectivity index (χ0n) is 70.2. The Morgan fingerprint density at radius 3 is 0.795 bits per heavy atom. The maximum Gasteiger partial charge on any atom is 0.371 e. The van der Waals surface area contributed by atoms with Gasteiger partial charge < -0.3 is 15.3 Å². The molecular formula is C99H71Cl5N22O6. The normalized spacial score (nSPS) is 10.9. The Bertz CT molecular complexity index is 7540. The quantitative estimate of drug-likeness (QED) is 0.0878. The molecule has 10 heterocycles. The molecule has 0 amide bonds. The third kappa shape index (κ3) is 21.0. The molecule has 0 saturated heterocycles. The Labute approximate surface area is 776 Å². The van der Waals surface area contributed by atoms with E-state index in [1.54, 1.807) is 141 Å². The number of fused-ring (bicyclic) bond motifs is 5. The van der Waals surface area contributed by atoms with Crippen molar-refractivity contribution in [2.45, 2.75) is 46.6 Å². The predicted octanol–water partition coefficient (Wildman–Crippen LogP) is 18.5. The number of ether oxygens (including phenoxy) is 1. The second-order valence-corrected chi connectivity index (χ2v) is 31.8. The number of methoxy groups -OCH3 is 1. The number of nitrogen functional groups attached to an aromatic ring is 1. The van der Waals surface area contributed by atoms with Gasteiger partial charge in [-0.15, -0.1) is 6.57 Å². The van der Waals surface area contributed by atoms with E-state index >= 15 is 0 Å². The van der Waals surface area contributed by atoms with Crippen LogP contribution in [-0.4, -0.2) is 106 Å². The number of aromatic nitrogens is 20. The SMILES string of the molecule is COc1ncc(-c2nn(Cc3ccc(Cl)cc3)c(=O)c3ccccc23)cn1.Cc1cnc(-c2nn(Cc3ccc(Cl)cc3)c(=O)c3ccccc23)cn1.Cc1ncc(-c2nn(Cc3ccc(Cl)cc3)c(=O)c3ccccc23)cn1.Nc1ncc(-c2nn(Cc3ccc(Cl)cc3)c(=O)c3ccccc23)cn1.[C-]#[N+]c1ncc(-c2nn(Cc3ccc(Cl)cc3)c(=O)c3ccccc23)cn1. The van der Waals surface area contributed by atoms with Crippen molar-refractivity contribution in [2.75, 3.05) is 12.8 Å². The van der Waals surface area contributed by atoms with Gasteiger partial charge in [0.2, 0.25) is 5.95 Å². The fourth-order valence-corrected chi connectivity index (χ4v) is 14.7. The lowest BCUT2D eigenvalue weighted by Crippen LogP contribution is -2.24. The Kier molecular flexibility index (Phi) is 27.6. The van der Waals surface area contributed by atoms with Crippen LogP contribution in [0.3, 0.4) is 0 Å². The Morgan fingerprint density at radius 2 is 0.538 bits per heavy atom. The molecule has 33 heteroatoms. The van der Waals surface area contributed by atoms with Crippen molar-refractivity contribution in [3.63, 3.8) is 0 Å². The summed E-state index contributed by atoms with van der Waals surface area (Å²) >= 11 is 29.7. The number of hydrogen-bond acceptors (Lipinski definition) is 22. The van der Waals surface area contributed by atoms with Gasteiger partial charge in [0, 0.05) is 112 Å². The van der Waals surface area contributed by atoms with Crippen molar-refractivity contribution < 1.29 is 4.74 Å². The van der Waals surface area contributed by atoms with E-state index in [1.807, 2.05) is 178 Å².